The molecule has 1 rings (SSSR count). The summed E-state index contributed by atoms with van der Waals surface area (Å²) in [5, 5.41) is 2.35. The minimum atomic E-state index is -0.0827. The summed E-state index contributed by atoms with van der Waals surface area (Å²) in [6.07, 6.45) is 0.373. The van der Waals surface area contributed by atoms with Crippen LogP contribution in [0.2, 0.25) is 5.02 Å². The number of ketones is 1. The van der Waals surface area contributed by atoms with E-state index in [1.165, 1.54) is 11.3 Å². The smallest absolute Gasteiger partial charge is 0.175 e. The van der Waals surface area contributed by atoms with Crippen molar-refractivity contribution in [3.05, 3.63) is 21.3 Å². The van der Waals surface area contributed by atoms with Gasteiger partial charge in [0.05, 0.1) is 9.90 Å². The summed E-state index contributed by atoms with van der Waals surface area (Å²) in [6, 6.07) is 1.65. The zero-order chi connectivity index (χ0) is 10.7. The number of carbonyl (C=O) groups excluding carboxylic acids is 1. The second-order valence-electron chi connectivity index (χ2n) is 3.63. The van der Waals surface area contributed by atoms with Crippen molar-refractivity contribution in [3.63, 3.8) is 0 Å². The van der Waals surface area contributed by atoms with Crippen LogP contribution >= 0.6 is 22.9 Å². The van der Waals surface area contributed by atoms with Crippen LogP contribution in [0.15, 0.2) is 11.4 Å². The normalized spacial score (nSPS) is 13.2. The average Bonchev–Trinajstić information content (AvgIpc) is 2.51. The Morgan fingerprint density at radius 1 is 1.64 bits per heavy atom. The molecule has 2 nitrogen and oxygen atoms in total. The van der Waals surface area contributed by atoms with Gasteiger partial charge in [0.25, 0.3) is 0 Å². The molecule has 1 atom stereocenters. The number of Topliss-reactive ketones (excluding diaryl/α,β-unsaturated/α-hetero) is 1. The Bertz CT molecular complexity index is 322. The molecule has 4 heteroatoms. The Hall–Kier alpha value is -0.380. The van der Waals surface area contributed by atoms with Crippen molar-refractivity contribution in [2.75, 3.05) is 0 Å². The molecular weight excluding hydrogens is 218 g/mol. The second kappa shape index (κ2) is 4.91. The van der Waals surface area contributed by atoms with Crippen LogP contribution in [0.25, 0.3) is 0 Å². The molecule has 78 valence electrons. The Morgan fingerprint density at radius 3 is 2.71 bits per heavy atom. The summed E-state index contributed by atoms with van der Waals surface area (Å²) >= 11 is 7.22. The van der Waals surface area contributed by atoms with E-state index in [4.69, 9.17) is 17.3 Å². The predicted octanol–water partition coefficient (Wildman–Crippen LogP) is 2.96. The van der Waals surface area contributed by atoms with E-state index >= 15 is 0 Å². The van der Waals surface area contributed by atoms with Gasteiger partial charge in [-0.25, -0.2) is 0 Å². The van der Waals surface area contributed by atoms with E-state index in [1.54, 1.807) is 6.07 Å². The molecule has 0 aliphatic carbocycles. The lowest BCUT2D eigenvalue weighted by atomic mass is 9.99. The molecule has 0 saturated carbocycles. The van der Waals surface area contributed by atoms with E-state index in [-0.39, 0.29) is 11.8 Å². The lowest BCUT2D eigenvalue weighted by Gasteiger charge is -2.13. The molecule has 0 aromatic carbocycles. The fourth-order valence-electron chi connectivity index (χ4n) is 1.04. The van der Waals surface area contributed by atoms with Gasteiger partial charge in [-0.3, -0.25) is 4.79 Å². The van der Waals surface area contributed by atoms with Gasteiger partial charge in [-0.2, -0.15) is 0 Å². The molecule has 0 radical (unpaired) electrons. The lowest BCUT2D eigenvalue weighted by Crippen LogP contribution is -2.29. The Labute approximate surface area is 93.1 Å². The quantitative estimate of drug-likeness (QED) is 0.810. The lowest BCUT2D eigenvalue weighted by molar-refractivity contribution is 0.0972. The third-order valence-corrected chi connectivity index (χ3v) is 3.53. The van der Waals surface area contributed by atoms with Crippen LogP contribution in [0, 0.1) is 5.92 Å². The zero-order valence-electron chi connectivity index (χ0n) is 8.29. The van der Waals surface area contributed by atoms with Crippen LogP contribution in [0.3, 0.4) is 0 Å². The highest BCUT2D eigenvalue weighted by molar-refractivity contribution is 7.12. The first-order valence-corrected chi connectivity index (χ1v) is 5.80. The molecule has 2 N–H and O–H groups in total. The molecule has 14 heavy (non-hydrogen) atoms. The van der Waals surface area contributed by atoms with Crippen molar-refractivity contribution in [1.82, 2.24) is 0 Å². The van der Waals surface area contributed by atoms with Gasteiger partial charge in [0.1, 0.15) is 0 Å². The maximum absolute atomic E-state index is 11.7. The molecule has 0 bridgehead atoms. The first-order valence-electron chi connectivity index (χ1n) is 4.54. The van der Waals surface area contributed by atoms with Crippen molar-refractivity contribution in [2.45, 2.75) is 26.3 Å². The van der Waals surface area contributed by atoms with E-state index in [0.717, 1.165) is 0 Å². The number of thiophene rings is 1. The van der Waals surface area contributed by atoms with Crippen LogP contribution < -0.4 is 5.73 Å². The summed E-state index contributed by atoms with van der Waals surface area (Å²) < 4.78 is 0. The molecule has 0 saturated heterocycles. The number of carbonyl (C=O) groups is 1. The standard InChI is InChI=1S/C10H14ClNOS/c1-6(2)8(12)5-9(13)10-7(11)3-4-14-10/h3-4,6,8H,5,12H2,1-2H3. The Morgan fingerprint density at radius 2 is 2.29 bits per heavy atom. The highest BCUT2D eigenvalue weighted by atomic mass is 35.5. The summed E-state index contributed by atoms with van der Waals surface area (Å²) in [7, 11) is 0. The van der Waals surface area contributed by atoms with Gasteiger partial charge in [-0.15, -0.1) is 11.3 Å². The molecular formula is C10H14ClNOS. The monoisotopic (exact) mass is 231 g/mol. The van der Waals surface area contributed by atoms with Crippen molar-refractivity contribution in [2.24, 2.45) is 11.7 Å². The molecule has 1 unspecified atom stereocenters. The van der Waals surface area contributed by atoms with Gasteiger partial charge in [0, 0.05) is 12.5 Å². The van der Waals surface area contributed by atoms with Crippen molar-refractivity contribution >= 4 is 28.7 Å². The van der Waals surface area contributed by atoms with Crippen molar-refractivity contribution in [1.29, 1.82) is 0 Å². The fraction of sp³-hybridized carbons (Fsp3) is 0.500. The third-order valence-electron chi connectivity index (χ3n) is 2.15. The molecule has 1 aromatic heterocycles. The van der Waals surface area contributed by atoms with E-state index in [0.29, 0.717) is 22.2 Å². The number of nitrogens with two attached hydrogens (primary N) is 1. The number of rotatable bonds is 4. The fourth-order valence-corrected chi connectivity index (χ4v) is 2.15. The van der Waals surface area contributed by atoms with E-state index in [9.17, 15) is 4.79 Å². The molecule has 0 aliphatic heterocycles. The van der Waals surface area contributed by atoms with Crippen LogP contribution in [-0.2, 0) is 0 Å². The number of hydrogen-bond donors (Lipinski definition) is 1. The predicted molar refractivity (Wildman–Crippen MR) is 61.1 cm³/mol. The minimum absolute atomic E-state index is 0.0474. The highest BCUT2D eigenvalue weighted by Crippen LogP contribution is 2.24. The molecule has 1 aromatic rings. The number of hydrogen-bond acceptors (Lipinski definition) is 3. The van der Waals surface area contributed by atoms with Crippen LogP contribution in [0.4, 0.5) is 0 Å². The van der Waals surface area contributed by atoms with Gasteiger partial charge < -0.3 is 5.73 Å². The van der Waals surface area contributed by atoms with Crippen molar-refractivity contribution < 1.29 is 4.79 Å². The van der Waals surface area contributed by atoms with Gasteiger partial charge in [0.2, 0.25) is 0 Å². The zero-order valence-corrected chi connectivity index (χ0v) is 9.86. The average molecular weight is 232 g/mol. The van der Waals surface area contributed by atoms with Gasteiger partial charge in [0.15, 0.2) is 5.78 Å². The topological polar surface area (TPSA) is 43.1 Å². The Kier molecular flexibility index (Phi) is 4.11. The van der Waals surface area contributed by atoms with Crippen LogP contribution in [0.1, 0.15) is 29.9 Å². The molecule has 0 aliphatic rings. The molecule has 0 fully saturated rings. The van der Waals surface area contributed by atoms with Gasteiger partial charge in [-0.05, 0) is 17.4 Å². The maximum atomic E-state index is 11.7. The van der Waals surface area contributed by atoms with E-state index in [2.05, 4.69) is 0 Å². The summed E-state index contributed by atoms with van der Waals surface area (Å²) in [6.45, 7) is 4.02. The largest absolute Gasteiger partial charge is 0.327 e. The van der Waals surface area contributed by atoms with Crippen LogP contribution in [-0.4, -0.2) is 11.8 Å². The molecule has 1 heterocycles. The Balaban J connectivity index is 2.64. The minimum Gasteiger partial charge on any atom is -0.327 e. The van der Waals surface area contributed by atoms with Crippen LogP contribution in [0.5, 0.6) is 0 Å². The third kappa shape index (κ3) is 2.80. The first-order chi connectivity index (χ1) is 6.52. The summed E-state index contributed by atoms with van der Waals surface area (Å²) in [5.74, 6) is 0.365. The maximum Gasteiger partial charge on any atom is 0.175 e. The first kappa shape index (κ1) is 11.7. The highest BCUT2D eigenvalue weighted by Gasteiger charge is 2.17. The van der Waals surface area contributed by atoms with E-state index < -0.39 is 0 Å². The van der Waals surface area contributed by atoms with Gasteiger partial charge in [-0.1, -0.05) is 25.4 Å². The summed E-state index contributed by atoms with van der Waals surface area (Å²) in [5.41, 5.74) is 5.81. The second-order valence-corrected chi connectivity index (χ2v) is 4.96. The SMILES string of the molecule is CC(C)C(N)CC(=O)c1sccc1Cl. The molecule has 0 amide bonds. The van der Waals surface area contributed by atoms with Crippen molar-refractivity contribution in [3.8, 4) is 0 Å². The van der Waals surface area contributed by atoms with Gasteiger partial charge >= 0.3 is 0 Å². The molecule has 0 spiro atoms. The number of halogens is 1. The van der Waals surface area contributed by atoms with E-state index in [1.807, 2.05) is 19.2 Å². The summed E-state index contributed by atoms with van der Waals surface area (Å²) in [4.78, 5) is 12.3.